The molecule has 0 atom stereocenters. The zero-order valence-electron chi connectivity index (χ0n) is 18.2. The number of nitro groups is 1. The van der Waals surface area contributed by atoms with Crippen LogP contribution in [0.15, 0.2) is 60.2 Å². The van der Waals surface area contributed by atoms with E-state index in [4.69, 9.17) is 27.9 Å². The zero-order valence-corrected chi connectivity index (χ0v) is 19.7. The van der Waals surface area contributed by atoms with Crippen LogP contribution in [0.4, 0.5) is 24.5 Å². The second kappa shape index (κ2) is 10.7. The Labute approximate surface area is 212 Å². The van der Waals surface area contributed by atoms with Gasteiger partial charge in [0, 0.05) is 11.8 Å². The third-order valence-electron chi connectivity index (χ3n) is 4.67. The number of nitrogens with one attached hydrogen (secondary N) is 1. The predicted molar refractivity (Wildman–Crippen MR) is 128 cm³/mol. The molecule has 3 rings (SSSR count). The predicted octanol–water partition coefficient (Wildman–Crippen LogP) is 7.57. The number of alkyl halides is 3. The van der Waals surface area contributed by atoms with Crippen molar-refractivity contribution in [3.8, 4) is 17.6 Å². The maximum absolute atomic E-state index is 12.9. The van der Waals surface area contributed by atoms with Gasteiger partial charge in [-0.25, -0.2) is 0 Å². The van der Waals surface area contributed by atoms with Crippen LogP contribution >= 0.6 is 23.2 Å². The second-order valence-electron chi connectivity index (χ2n) is 7.35. The number of hydrogen-bond donors (Lipinski definition) is 1. The standard InChI is InChI=1S/C24H14Cl2F3N3O4/c1-13-3-2-4-17(7-13)31-23(33)15(12-30)8-14-9-18(25)22(19(26)10-14)36-21-6-5-16(24(27,28)29)11-20(21)32(34)35/h2-11H,1H3,(H,31,33)/b15-8+. The van der Waals surface area contributed by atoms with E-state index in [1.807, 2.05) is 13.0 Å². The summed E-state index contributed by atoms with van der Waals surface area (Å²) in [5, 5.41) is 23.0. The van der Waals surface area contributed by atoms with Crippen molar-refractivity contribution >= 4 is 46.6 Å². The lowest BCUT2D eigenvalue weighted by Crippen LogP contribution is -2.13. The van der Waals surface area contributed by atoms with E-state index < -0.39 is 34.0 Å². The van der Waals surface area contributed by atoms with Crippen LogP contribution in [0.1, 0.15) is 16.7 Å². The fourth-order valence-corrected chi connectivity index (χ4v) is 3.61. The number of carbonyl (C=O) groups is 1. The highest BCUT2D eigenvalue weighted by atomic mass is 35.5. The summed E-state index contributed by atoms with van der Waals surface area (Å²) in [6, 6.07) is 13.0. The van der Waals surface area contributed by atoms with Crippen molar-refractivity contribution in [2.75, 3.05) is 5.32 Å². The van der Waals surface area contributed by atoms with E-state index in [2.05, 4.69) is 5.32 Å². The minimum absolute atomic E-state index is 0.167. The lowest BCUT2D eigenvalue weighted by molar-refractivity contribution is -0.385. The van der Waals surface area contributed by atoms with Gasteiger partial charge in [0.15, 0.2) is 5.75 Å². The van der Waals surface area contributed by atoms with E-state index in [1.165, 1.54) is 18.2 Å². The molecule has 0 heterocycles. The zero-order chi connectivity index (χ0) is 26.6. The first-order valence-corrected chi connectivity index (χ1v) is 10.7. The lowest BCUT2D eigenvalue weighted by Gasteiger charge is -2.12. The van der Waals surface area contributed by atoms with Crippen LogP contribution in [0.2, 0.25) is 10.0 Å². The van der Waals surface area contributed by atoms with Gasteiger partial charge in [-0.2, -0.15) is 18.4 Å². The molecule has 7 nitrogen and oxygen atoms in total. The van der Waals surface area contributed by atoms with E-state index in [-0.39, 0.29) is 26.9 Å². The van der Waals surface area contributed by atoms with Gasteiger partial charge in [-0.15, -0.1) is 0 Å². The first-order chi connectivity index (χ1) is 16.9. The Hall–Kier alpha value is -4.07. The Balaban J connectivity index is 1.91. The Kier molecular flexibility index (Phi) is 7.87. The van der Waals surface area contributed by atoms with Crippen LogP contribution in [0.5, 0.6) is 11.5 Å². The maximum atomic E-state index is 12.9. The average Bonchev–Trinajstić information content (AvgIpc) is 2.79. The first-order valence-electron chi connectivity index (χ1n) is 9.91. The summed E-state index contributed by atoms with van der Waals surface area (Å²) in [4.78, 5) is 22.8. The van der Waals surface area contributed by atoms with E-state index in [1.54, 1.807) is 24.3 Å². The van der Waals surface area contributed by atoms with Crippen molar-refractivity contribution in [1.29, 1.82) is 5.26 Å². The van der Waals surface area contributed by atoms with E-state index in [9.17, 15) is 33.3 Å². The smallest absolute Gasteiger partial charge is 0.416 e. The van der Waals surface area contributed by atoms with Gasteiger partial charge in [-0.3, -0.25) is 14.9 Å². The van der Waals surface area contributed by atoms with Crippen molar-refractivity contribution in [1.82, 2.24) is 0 Å². The summed E-state index contributed by atoms with van der Waals surface area (Å²) < 4.78 is 44.2. The Morgan fingerprint density at radius 2 is 1.81 bits per heavy atom. The number of benzene rings is 3. The molecule has 0 bridgehead atoms. The largest absolute Gasteiger partial charge is 0.447 e. The Morgan fingerprint density at radius 3 is 2.36 bits per heavy atom. The van der Waals surface area contributed by atoms with Crippen LogP contribution in [0.3, 0.4) is 0 Å². The summed E-state index contributed by atoms with van der Waals surface area (Å²) in [5.74, 6) is -1.47. The number of hydrogen-bond acceptors (Lipinski definition) is 5. The van der Waals surface area contributed by atoms with Gasteiger partial charge in [0.05, 0.1) is 20.5 Å². The first kappa shape index (κ1) is 26.5. The number of nitro benzene ring substituents is 1. The van der Waals surface area contributed by atoms with Crippen molar-refractivity contribution in [2.45, 2.75) is 13.1 Å². The van der Waals surface area contributed by atoms with Gasteiger partial charge in [-0.05, 0) is 60.5 Å². The molecule has 0 aromatic heterocycles. The van der Waals surface area contributed by atoms with E-state index in [0.717, 1.165) is 11.6 Å². The third-order valence-corrected chi connectivity index (χ3v) is 5.23. The second-order valence-corrected chi connectivity index (χ2v) is 8.16. The number of anilines is 1. The molecule has 1 N–H and O–H groups in total. The lowest BCUT2D eigenvalue weighted by atomic mass is 10.1. The van der Waals surface area contributed by atoms with Crippen LogP contribution in [-0.2, 0) is 11.0 Å². The van der Waals surface area contributed by atoms with Crippen molar-refractivity contribution in [3.05, 3.63) is 97.0 Å². The highest BCUT2D eigenvalue weighted by Crippen LogP contribution is 2.42. The molecule has 0 radical (unpaired) electrons. The molecule has 0 unspecified atom stereocenters. The van der Waals surface area contributed by atoms with Crippen LogP contribution in [-0.4, -0.2) is 10.8 Å². The molecule has 0 aliphatic rings. The topological polar surface area (TPSA) is 105 Å². The third kappa shape index (κ3) is 6.33. The highest BCUT2D eigenvalue weighted by Gasteiger charge is 2.33. The van der Waals surface area contributed by atoms with Crippen LogP contribution in [0, 0.1) is 28.4 Å². The molecule has 36 heavy (non-hydrogen) atoms. The van der Waals surface area contributed by atoms with Gasteiger partial charge in [0.1, 0.15) is 11.6 Å². The van der Waals surface area contributed by atoms with E-state index >= 15 is 0 Å². The molecular formula is C24H14Cl2F3N3O4. The van der Waals surface area contributed by atoms with Gasteiger partial charge in [0.25, 0.3) is 5.91 Å². The maximum Gasteiger partial charge on any atom is 0.416 e. The minimum Gasteiger partial charge on any atom is -0.447 e. The molecule has 0 aliphatic heterocycles. The molecule has 0 spiro atoms. The molecule has 1 amide bonds. The number of amides is 1. The summed E-state index contributed by atoms with van der Waals surface area (Å²) in [7, 11) is 0. The fraction of sp³-hybridized carbons (Fsp3) is 0.0833. The molecule has 0 aliphatic carbocycles. The SMILES string of the molecule is Cc1cccc(NC(=O)/C(C#N)=C/c2cc(Cl)c(Oc3ccc(C(F)(F)F)cc3[N+](=O)[O-])c(Cl)c2)c1. The molecule has 0 saturated carbocycles. The van der Waals surface area contributed by atoms with Gasteiger partial charge in [-0.1, -0.05) is 35.3 Å². The number of ether oxygens (including phenoxy) is 1. The monoisotopic (exact) mass is 535 g/mol. The fourth-order valence-electron chi connectivity index (χ4n) is 3.03. The van der Waals surface area contributed by atoms with Gasteiger partial charge >= 0.3 is 11.9 Å². The number of nitriles is 1. The molecule has 184 valence electrons. The summed E-state index contributed by atoms with van der Waals surface area (Å²) >= 11 is 12.4. The minimum atomic E-state index is -4.79. The molecule has 12 heteroatoms. The summed E-state index contributed by atoms with van der Waals surface area (Å²) in [6.07, 6.45) is -3.58. The molecule has 3 aromatic rings. The Morgan fingerprint density at radius 1 is 1.14 bits per heavy atom. The molecule has 0 saturated heterocycles. The van der Waals surface area contributed by atoms with Gasteiger partial charge < -0.3 is 10.1 Å². The molecular weight excluding hydrogens is 522 g/mol. The summed E-state index contributed by atoms with van der Waals surface area (Å²) in [6.45, 7) is 1.84. The van der Waals surface area contributed by atoms with Crippen molar-refractivity contribution in [2.24, 2.45) is 0 Å². The normalized spacial score (nSPS) is 11.5. The Bertz CT molecular complexity index is 1410. The summed E-state index contributed by atoms with van der Waals surface area (Å²) in [5.41, 5.74) is -0.824. The van der Waals surface area contributed by atoms with Crippen molar-refractivity contribution in [3.63, 3.8) is 0 Å². The van der Waals surface area contributed by atoms with Gasteiger partial charge in [0.2, 0.25) is 5.75 Å². The number of carbonyl (C=O) groups excluding carboxylic acids is 1. The van der Waals surface area contributed by atoms with E-state index in [0.29, 0.717) is 17.8 Å². The number of halogens is 5. The number of rotatable bonds is 6. The molecule has 0 fully saturated rings. The van der Waals surface area contributed by atoms with Crippen LogP contribution < -0.4 is 10.1 Å². The highest BCUT2D eigenvalue weighted by molar-refractivity contribution is 6.37. The molecule has 3 aromatic carbocycles. The number of aryl methyl sites for hydroxylation is 1. The number of nitrogens with zero attached hydrogens (tertiary/aromatic N) is 2. The quantitative estimate of drug-likeness (QED) is 0.151. The van der Waals surface area contributed by atoms with Crippen molar-refractivity contribution < 1.29 is 27.6 Å². The average molecular weight is 536 g/mol. The van der Waals surface area contributed by atoms with Crippen LogP contribution in [0.25, 0.3) is 6.08 Å².